The highest BCUT2D eigenvalue weighted by Gasteiger charge is 2.13. The largest absolute Gasteiger partial charge is 0.393 e. The molecule has 0 fully saturated rings. The zero-order valence-electron chi connectivity index (χ0n) is 12.5. The monoisotopic (exact) mass is 326 g/mol. The van der Waals surface area contributed by atoms with E-state index in [0.29, 0.717) is 22.9 Å². The maximum atomic E-state index is 10.2. The van der Waals surface area contributed by atoms with Gasteiger partial charge in [0, 0.05) is 22.8 Å². The molecule has 2 aromatic rings. The molecule has 0 saturated heterocycles. The number of hydrogen-bond donors (Lipinski definition) is 1. The van der Waals surface area contributed by atoms with Gasteiger partial charge in [0.2, 0.25) is 0 Å². The van der Waals surface area contributed by atoms with Gasteiger partial charge in [0.1, 0.15) is 0 Å². The SMILES string of the molecule is Cc1nn(C)c(C)c1CCC(O)Cc1ccc(Cl)cc1Cl. The quantitative estimate of drug-likeness (QED) is 0.905. The lowest BCUT2D eigenvalue weighted by molar-refractivity contribution is 0.165. The second-order valence-corrected chi connectivity index (χ2v) is 6.25. The van der Waals surface area contributed by atoms with E-state index >= 15 is 0 Å². The van der Waals surface area contributed by atoms with Gasteiger partial charge in [-0.3, -0.25) is 4.68 Å². The first-order valence-electron chi connectivity index (χ1n) is 6.99. The fourth-order valence-corrected chi connectivity index (χ4v) is 3.02. The standard InChI is InChI=1S/C16H20Cl2N2O/c1-10-15(11(2)20(3)19-10)7-6-14(21)8-12-4-5-13(17)9-16(12)18/h4-5,9,14,21H,6-8H2,1-3H3. The van der Waals surface area contributed by atoms with Crippen molar-refractivity contribution in [3.8, 4) is 0 Å². The van der Waals surface area contributed by atoms with Crippen LogP contribution in [0.15, 0.2) is 18.2 Å². The summed E-state index contributed by atoms with van der Waals surface area (Å²) < 4.78 is 1.88. The first-order valence-corrected chi connectivity index (χ1v) is 7.75. The molecule has 2 rings (SSSR count). The summed E-state index contributed by atoms with van der Waals surface area (Å²) in [6.45, 7) is 4.06. The Kier molecular flexibility index (Phi) is 5.31. The highest BCUT2D eigenvalue weighted by atomic mass is 35.5. The van der Waals surface area contributed by atoms with Crippen LogP contribution >= 0.6 is 23.2 Å². The predicted octanol–water partition coefficient (Wildman–Crippen LogP) is 3.88. The zero-order chi connectivity index (χ0) is 15.6. The van der Waals surface area contributed by atoms with Crippen molar-refractivity contribution in [1.82, 2.24) is 9.78 Å². The summed E-state index contributed by atoms with van der Waals surface area (Å²) in [5, 5.41) is 15.8. The molecule has 1 N–H and O–H groups in total. The molecule has 0 aliphatic rings. The molecular weight excluding hydrogens is 307 g/mol. The van der Waals surface area contributed by atoms with Gasteiger partial charge < -0.3 is 5.11 Å². The highest BCUT2D eigenvalue weighted by Crippen LogP contribution is 2.23. The minimum atomic E-state index is -0.428. The van der Waals surface area contributed by atoms with Crippen molar-refractivity contribution in [2.75, 3.05) is 0 Å². The van der Waals surface area contributed by atoms with Crippen molar-refractivity contribution in [2.24, 2.45) is 7.05 Å². The molecule has 0 aliphatic carbocycles. The maximum Gasteiger partial charge on any atom is 0.0628 e. The molecule has 1 heterocycles. The minimum absolute atomic E-state index is 0.428. The van der Waals surface area contributed by atoms with Crippen molar-refractivity contribution in [3.05, 3.63) is 50.8 Å². The number of benzene rings is 1. The molecular formula is C16H20Cl2N2O. The van der Waals surface area contributed by atoms with Crippen LogP contribution in [0.5, 0.6) is 0 Å². The van der Waals surface area contributed by atoms with E-state index in [1.807, 2.05) is 24.7 Å². The van der Waals surface area contributed by atoms with Crippen molar-refractivity contribution in [3.63, 3.8) is 0 Å². The van der Waals surface area contributed by atoms with Crippen LogP contribution in [0.2, 0.25) is 10.0 Å². The van der Waals surface area contributed by atoms with Crippen molar-refractivity contribution >= 4 is 23.2 Å². The van der Waals surface area contributed by atoms with Gasteiger partial charge in [-0.1, -0.05) is 29.3 Å². The maximum absolute atomic E-state index is 10.2. The molecule has 5 heteroatoms. The Bertz CT molecular complexity index is 637. The second kappa shape index (κ2) is 6.82. The molecule has 0 amide bonds. The van der Waals surface area contributed by atoms with Gasteiger partial charge in [-0.15, -0.1) is 0 Å². The number of aromatic nitrogens is 2. The Morgan fingerprint density at radius 1 is 1.29 bits per heavy atom. The van der Waals surface area contributed by atoms with Crippen molar-refractivity contribution < 1.29 is 5.11 Å². The van der Waals surface area contributed by atoms with Crippen LogP contribution < -0.4 is 0 Å². The molecule has 0 spiro atoms. The number of halogens is 2. The topological polar surface area (TPSA) is 38.0 Å². The summed E-state index contributed by atoms with van der Waals surface area (Å²) in [7, 11) is 1.94. The third-order valence-corrected chi connectivity index (χ3v) is 4.44. The van der Waals surface area contributed by atoms with Crippen LogP contribution in [0, 0.1) is 13.8 Å². The van der Waals surface area contributed by atoms with E-state index in [0.717, 1.165) is 23.4 Å². The Morgan fingerprint density at radius 2 is 2.00 bits per heavy atom. The van der Waals surface area contributed by atoms with Gasteiger partial charge >= 0.3 is 0 Å². The van der Waals surface area contributed by atoms with Crippen LogP contribution in [-0.4, -0.2) is 21.0 Å². The lowest BCUT2D eigenvalue weighted by atomic mass is 10.0. The van der Waals surface area contributed by atoms with Crippen LogP contribution in [0.4, 0.5) is 0 Å². The van der Waals surface area contributed by atoms with Gasteiger partial charge in [0.05, 0.1) is 11.8 Å². The average Bonchev–Trinajstić information content (AvgIpc) is 2.65. The summed E-state index contributed by atoms with van der Waals surface area (Å²) in [6, 6.07) is 5.37. The normalized spacial score (nSPS) is 12.7. The van der Waals surface area contributed by atoms with E-state index in [2.05, 4.69) is 12.0 Å². The van der Waals surface area contributed by atoms with Gasteiger partial charge in [0.15, 0.2) is 0 Å². The molecule has 1 aromatic heterocycles. The molecule has 1 atom stereocenters. The highest BCUT2D eigenvalue weighted by molar-refractivity contribution is 6.35. The summed E-state index contributed by atoms with van der Waals surface area (Å²) in [4.78, 5) is 0. The minimum Gasteiger partial charge on any atom is -0.393 e. The number of nitrogens with zero attached hydrogens (tertiary/aromatic N) is 2. The first kappa shape index (κ1) is 16.3. The number of aryl methyl sites for hydroxylation is 2. The van der Waals surface area contributed by atoms with Crippen LogP contribution in [0.25, 0.3) is 0 Å². The number of hydrogen-bond acceptors (Lipinski definition) is 2. The van der Waals surface area contributed by atoms with E-state index in [1.165, 1.54) is 5.56 Å². The van der Waals surface area contributed by atoms with Crippen LogP contribution in [0.3, 0.4) is 0 Å². The van der Waals surface area contributed by atoms with E-state index in [-0.39, 0.29) is 0 Å². The average molecular weight is 327 g/mol. The van der Waals surface area contributed by atoms with E-state index in [1.54, 1.807) is 12.1 Å². The fraction of sp³-hybridized carbons (Fsp3) is 0.438. The Hall–Kier alpha value is -1.03. The molecule has 1 unspecified atom stereocenters. The van der Waals surface area contributed by atoms with E-state index in [9.17, 15) is 5.11 Å². The molecule has 0 aliphatic heterocycles. The third kappa shape index (κ3) is 4.00. The van der Waals surface area contributed by atoms with Crippen molar-refractivity contribution in [1.29, 1.82) is 0 Å². The fourth-order valence-electron chi connectivity index (χ4n) is 2.53. The summed E-state index contributed by atoms with van der Waals surface area (Å²) in [5.74, 6) is 0. The summed E-state index contributed by atoms with van der Waals surface area (Å²) in [5.41, 5.74) is 4.34. The van der Waals surface area contributed by atoms with Crippen molar-refractivity contribution in [2.45, 2.75) is 39.2 Å². The molecule has 1 aromatic carbocycles. The van der Waals surface area contributed by atoms with Gasteiger partial charge in [0.25, 0.3) is 0 Å². The molecule has 0 bridgehead atoms. The Balaban J connectivity index is 1.97. The molecule has 0 saturated carbocycles. The van der Waals surface area contributed by atoms with Gasteiger partial charge in [-0.2, -0.15) is 5.10 Å². The zero-order valence-corrected chi connectivity index (χ0v) is 14.0. The van der Waals surface area contributed by atoms with Gasteiger partial charge in [-0.25, -0.2) is 0 Å². The van der Waals surface area contributed by atoms with Crippen LogP contribution in [-0.2, 0) is 19.9 Å². The van der Waals surface area contributed by atoms with Crippen LogP contribution in [0.1, 0.15) is 28.9 Å². The summed E-state index contributed by atoms with van der Waals surface area (Å²) in [6.07, 6.45) is 1.61. The van der Waals surface area contributed by atoms with E-state index < -0.39 is 6.10 Å². The Morgan fingerprint density at radius 3 is 2.57 bits per heavy atom. The first-order chi connectivity index (χ1) is 9.88. The third-order valence-electron chi connectivity index (χ3n) is 3.86. The number of rotatable bonds is 5. The second-order valence-electron chi connectivity index (χ2n) is 5.41. The Labute approximate surface area is 135 Å². The lowest BCUT2D eigenvalue weighted by Gasteiger charge is -2.12. The molecule has 3 nitrogen and oxygen atoms in total. The summed E-state index contributed by atoms with van der Waals surface area (Å²) >= 11 is 12.0. The van der Waals surface area contributed by atoms with Gasteiger partial charge in [-0.05, 0) is 56.4 Å². The number of aliphatic hydroxyl groups is 1. The lowest BCUT2D eigenvalue weighted by Crippen LogP contribution is -2.12. The molecule has 114 valence electrons. The molecule has 0 radical (unpaired) electrons. The molecule has 21 heavy (non-hydrogen) atoms. The predicted molar refractivity (Wildman–Crippen MR) is 87.2 cm³/mol. The van der Waals surface area contributed by atoms with E-state index in [4.69, 9.17) is 23.2 Å². The smallest absolute Gasteiger partial charge is 0.0628 e. The number of aliphatic hydroxyl groups excluding tert-OH is 1.